The van der Waals surface area contributed by atoms with Gasteiger partial charge in [-0.05, 0) is 104 Å². The van der Waals surface area contributed by atoms with Crippen molar-refractivity contribution in [3.05, 3.63) is 162 Å². The molecule has 7 nitrogen and oxygen atoms in total. The van der Waals surface area contributed by atoms with Crippen LogP contribution in [-0.2, 0) is 30.8 Å². The average molecular weight is 684 g/mol. The molecule has 5 aromatic carbocycles. The second-order valence-electron chi connectivity index (χ2n) is 12.5. The molecule has 0 spiro atoms. The number of anilines is 1. The molecule has 264 valence electrons. The van der Waals surface area contributed by atoms with E-state index >= 15 is 0 Å². The molecule has 0 radical (unpaired) electrons. The van der Waals surface area contributed by atoms with Crippen molar-refractivity contribution in [3.8, 4) is 11.5 Å². The van der Waals surface area contributed by atoms with Gasteiger partial charge in [-0.3, -0.25) is 15.0 Å². The third-order valence-corrected chi connectivity index (χ3v) is 8.65. The molecule has 1 fully saturated rings. The first kappa shape index (κ1) is 36.9. The van der Waals surface area contributed by atoms with E-state index in [-0.39, 0.29) is 11.9 Å². The van der Waals surface area contributed by atoms with E-state index in [2.05, 4.69) is 59.2 Å². The number of para-hydroxylation sites is 1. The number of rotatable bonds is 12. The first-order valence-corrected chi connectivity index (χ1v) is 18.0. The summed E-state index contributed by atoms with van der Waals surface area (Å²) in [6.07, 6.45) is 7.77. The second-order valence-corrected chi connectivity index (χ2v) is 12.5. The van der Waals surface area contributed by atoms with Crippen molar-refractivity contribution >= 4 is 17.6 Å². The molecule has 1 saturated heterocycles. The first-order chi connectivity index (χ1) is 25.1. The van der Waals surface area contributed by atoms with Gasteiger partial charge in [0.25, 0.3) is 0 Å². The second kappa shape index (κ2) is 21.0. The Hall–Kier alpha value is -5.40. The van der Waals surface area contributed by atoms with Gasteiger partial charge in [-0.2, -0.15) is 0 Å². The minimum atomic E-state index is -0.387. The zero-order chi connectivity index (χ0) is 35.4. The topological polar surface area (TPSA) is 79.9 Å². The van der Waals surface area contributed by atoms with Crippen LogP contribution in [0.4, 0.5) is 10.5 Å². The van der Waals surface area contributed by atoms with Crippen LogP contribution in [0.5, 0.6) is 11.5 Å². The third kappa shape index (κ3) is 13.1. The van der Waals surface area contributed by atoms with Gasteiger partial charge in [0.2, 0.25) is 5.91 Å². The number of nitrogens with zero attached hydrogens (tertiary/aromatic N) is 1. The monoisotopic (exact) mass is 683 g/mol. The maximum absolute atomic E-state index is 12.0. The number of aryl methyl sites for hydroxylation is 2. The van der Waals surface area contributed by atoms with E-state index in [1.165, 1.54) is 31.2 Å². The van der Waals surface area contributed by atoms with E-state index in [9.17, 15) is 9.59 Å². The summed E-state index contributed by atoms with van der Waals surface area (Å²) in [7, 11) is 0. The number of nitrogens with one attached hydrogen (secondary N) is 2. The molecule has 7 rings (SSSR count). The average Bonchev–Trinajstić information content (AvgIpc) is 3.19. The van der Waals surface area contributed by atoms with Crippen LogP contribution < -0.4 is 25.0 Å². The highest BCUT2D eigenvalue weighted by molar-refractivity contribution is 6.05. The van der Waals surface area contributed by atoms with E-state index in [4.69, 9.17) is 9.47 Å². The van der Waals surface area contributed by atoms with E-state index < -0.39 is 0 Å². The lowest BCUT2D eigenvalue weighted by Gasteiger charge is -2.26. The zero-order valence-corrected chi connectivity index (χ0v) is 29.3. The lowest BCUT2D eigenvalue weighted by molar-refractivity contribution is -0.120. The van der Waals surface area contributed by atoms with Crippen molar-refractivity contribution in [1.29, 1.82) is 0 Å². The zero-order valence-electron chi connectivity index (χ0n) is 29.3. The number of carbonyl (C=O) groups excluding carboxylic acids is 2. The normalized spacial score (nSPS) is 13.4. The van der Waals surface area contributed by atoms with Crippen molar-refractivity contribution in [2.75, 3.05) is 24.6 Å². The molecule has 0 atom stereocenters. The van der Waals surface area contributed by atoms with Crippen LogP contribution in [0.25, 0.3) is 0 Å². The molecular formula is C44H49N3O4. The smallest absolute Gasteiger partial charge is 0.328 e. The van der Waals surface area contributed by atoms with E-state index in [1.54, 1.807) is 16.0 Å². The maximum Gasteiger partial charge on any atom is 0.328 e. The number of imide groups is 1. The van der Waals surface area contributed by atoms with Gasteiger partial charge in [0.15, 0.2) is 0 Å². The number of urea groups is 1. The van der Waals surface area contributed by atoms with Crippen LogP contribution in [0, 0.1) is 0 Å². The Kier molecular flexibility index (Phi) is 15.2. The Morgan fingerprint density at radius 2 is 1.16 bits per heavy atom. The van der Waals surface area contributed by atoms with Crippen LogP contribution in [0.1, 0.15) is 54.4 Å². The SMILES string of the molecule is O=C1CCN(c2ccc(OCc3ccc(CNCCCCOc4ccccc4)cc3)cc2)C(=O)N1.c1ccc2c(c1)CCCC2.c1ccccc1. The minimum Gasteiger partial charge on any atom is -0.494 e. The summed E-state index contributed by atoms with van der Waals surface area (Å²) < 4.78 is 11.6. The van der Waals surface area contributed by atoms with Crippen molar-refractivity contribution in [2.45, 2.75) is 58.1 Å². The largest absolute Gasteiger partial charge is 0.494 e. The molecule has 0 unspecified atom stereocenters. The molecule has 0 bridgehead atoms. The molecule has 1 heterocycles. The molecule has 2 aliphatic rings. The molecule has 1 aliphatic heterocycles. The van der Waals surface area contributed by atoms with Crippen LogP contribution in [0.15, 0.2) is 140 Å². The quantitative estimate of drug-likeness (QED) is 0.128. The number of benzene rings is 5. The molecule has 51 heavy (non-hydrogen) atoms. The van der Waals surface area contributed by atoms with Crippen molar-refractivity contribution in [2.24, 2.45) is 0 Å². The summed E-state index contributed by atoms with van der Waals surface area (Å²) in [6.45, 7) is 3.37. The third-order valence-electron chi connectivity index (χ3n) is 8.65. The fourth-order valence-corrected chi connectivity index (χ4v) is 5.81. The van der Waals surface area contributed by atoms with Crippen LogP contribution in [-0.4, -0.2) is 31.6 Å². The molecule has 1 aliphatic carbocycles. The highest BCUT2D eigenvalue weighted by atomic mass is 16.5. The van der Waals surface area contributed by atoms with Gasteiger partial charge in [0, 0.05) is 25.2 Å². The van der Waals surface area contributed by atoms with E-state index in [1.807, 2.05) is 91.0 Å². The van der Waals surface area contributed by atoms with Gasteiger partial charge in [0.05, 0.1) is 6.61 Å². The highest BCUT2D eigenvalue weighted by Crippen LogP contribution is 2.22. The molecule has 5 aromatic rings. The fourth-order valence-electron chi connectivity index (χ4n) is 5.81. The van der Waals surface area contributed by atoms with E-state index in [0.29, 0.717) is 19.6 Å². The number of carbonyl (C=O) groups is 2. The summed E-state index contributed by atoms with van der Waals surface area (Å²) in [4.78, 5) is 24.8. The number of fused-ring (bicyclic) bond motifs is 1. The Bertz CT molecular complexity index is 1680. The lowest BCUT2D eigenvalue weighted by atomic mass is 9.92. The number of hydrogen-bond donors (Lipinski definition) is 2. The van der Waals surface area contributed by atoms with Gasteiger partial charge in [-0.1, -0.05) is 103 Å². The Labute approximate surface area is 302 Å². The summed E-state index contributed by atoms with van der Waals surface area (Å²) in [6, 6.07) is 46.0. The van der Waals surface area contributed by atoms with Crippen LogP contribution >= 0.6 is 0 Å². The lowest BCUT2D eigenvalue weighted by Crippen LogP contribution is -2.49. The van der Waals surface area contributed by atoms with Crippen LogP contribution in [0.3, 0.4) is 0 Å². The number of amides is 3. The highest BCUT2D eigenvalue weighted by Gasteiger charge is 2.24. The fraction of sp³-hybridized carbons (Fsp3) is 0.273. The first-order valence-electron chi connectivity index (χ1n) is 18.0. The van der Waals surface area contributed by atoms with Gasteiger partial charge in [-0.25, -0.2) is 4.79 Å². The van der Waals surface area contributed by atoms with Crippen molar-refractivity contribution in [1.82, 2.24) is 10.6 Å². The van der Waals surface area contributed by atoms with Gasteiger partial charge in [0.1, 0.15) is 18.1 Å². The number of ether oxygens (including phenoxy) is 2. The summed E-state index contributed by atoms with van der Waals surface area (Å²) >= 11 is 0. The summed E-state index contributed by atoms with van der Waals surface area (Å²) in [5.41, 5.74) is 6.21. The van der Waals surface area contributed by atoms with Crippen LogP contribution in [0.2, 0.25) is 0 Å². The molecule has 0 aromatic heterocycles. The maximum atomic E-state index is 12.0. The predicted octanol–water partition coefficient (Wildman–Crippen LogP) is 8.91. The molecule has 3 amide bonds. The van der Waals surface area contributed by atoms with Crippen molar-refractivity contribution in [3.63, 3.8) is 0 Å². The Morgan fingerprint density at radius 1 is 0.588 bits per heavy atom. The van der Waals surface area contributed by atoms with Crippen molar-refractivity contribution < 1.29 is 19.1 Å². The van der Waals surface area contributed by atoms with Gasteiger partial charge < -0.3 is 14.8 Å². The summed E-state index contributed by atoms with van der Waals surface area (Å²) in [5, 5.41) is 5.81. The Morgan fingerprint density at radius 3 is 1.78 bits per heavy atom. The minimum absolute atomic E-state index is 0.238. The van der Waals surface area contributed by atoms with E-state index in [0.717, 1.165) is 55.3 Å². The molecule has 2 N–H and O–H groups in total. The molecule has 7 heteroatoms. The molecular weight excluding hydrogens is 635 g/mol. The summed E-state index contributed by atoms with van der Waals surface area (Å²) in [5.74, 6) is 1.41. The van der Waals surface area contributed by atoms with Gasteiger partial charge in [-0.15, -0.1) is 0 Å². The number of hydrogen-bond acceptors (Lipinski definition) is 5. The Balaban J connectivity index is 0.000000255. The molecule has 0 saturated carbocycles. The predicted molar refractivity (Wildman–Crippen MR) is 205 cm³/mol. The number of unbranched alkanes of at least 4 members (excludes halogenated alkanes) is 1. The standard InChI is InChI=1S/C28H31N3O4.C10H12.C6H6/c32-27-16-18-31(28(33)30-27)24-12-14-26(15-13-24)35-21-23-10-8-22(9-11-23)20-29-17-4-5-19-34-25-6-2-1-3-7-25;1-2-6-10-8-4-3-7-9(10)5-1;1-2-4-6-5-3-1/h1-3,6-15,29H,4-5,16-21H2,(H,30,32,33);1-2,5-6H,3-4,7-8H2;1-6H. The van der Waals surface area contributed by atoms with Gasteiger partial charge >= 0.3 is 6.03 Å².